The van der Waals surface area contributed by atoms with Crippen molar-refractivity contribution < 1.29 is 0 Å². The monoisotopic (exact) mass is 341 g/mol. The molecule has 3 heterocycles. The molecular formula is C12H16BrN5S. The molecule has 2 aromatic heterocycles. The lowest BCUT2D eigenvalue weighted by molar-refractivity contribution is 0.496. The molecular weight excluding hydrogens is 326 g/mol. The molecule has 1 aliphatic rings. The summed E-state index contributed by atoms with van der Waals surface area (Å²) in [4.78, 5) is 7.89. The molecule has 2 aromatic rings. The number of piperidine rings is 1. The van der Waals surface area contributed by atoms with Gasteiger partial charge in [0.25, 0.3) is 0 Å². The molecule has 1 saturated heterocycles. The van der Waals surface area contributed by atoms with Crippen LogP contribution in [-0.2, 0) is 0 Å². The van der Waals surface area contributed by atoms with Gasteiger partial charge in [0.2, 0.25) is 5.95 Å². The largest absolute Gasteiger partial charge is 0.339 e. The molecule has 0 spiro atoms. The van der Waals surface area contributed by atoms with Crippen LogP contribution in [0.5, 0.6) is 0 Å². The van der Waals surface area contributed by atoms with Crippen LogP contribution in [0, 0.1) is 6.92 Å². The molecule has 0 unspecified atom stereocenters. The van der Waals surface area contributed by atoms with Crippen LogP contribution in [0.2, 0.25) is 0 Å². The van der Waals surface area contributed by atoms with E-state index < -0.39 is 0 Å². The molecule has 0 radical (unpaired) electrons. The van der Waals surface area contributed by atoms with Gasteiger partial charge in [-0.3, -0.25) is 5.10 Å². The summed E-state index contributed by atoms with van der Waals surface area (Å²) < 4.78 is 1.14. The predicted molar refractivity (Wildman–Crippen MR) is 81.6 cm³/mol. The van der Waals surface area contributed by atoms with Crippen LogP contribution in [0.3, 0.4) is 0 Å². The highest BCUT2D eigenvalue weighted by Crippen LogP contribution is 2.33. The van der Waals surface area contributed by atoms with Gasteiger partial charge in [0, 0.05) is 19.1 Å². The second-order valence-electron chi connectivity index (χ2n) is 4.88. The summed E-state index contributed by atoms with van der Waals surface area (Å²) in [6.45, 7) is 3.95. The Kier molecular flexibility index (Phi) is 3.60. The zero-order chi connectivity index (χ0) is 13.4. The minimum absolute atomic E-state index is 0.325. The highest BCUT2D eigenvalue weighted by Gasteiger charge is 2.20. The predicted octanol–water partition coefficient (Wildman–Crippen LogP) is 2.53. The molecule has 0 saturated carbocycles. The van der Waals surface area contributed by atoms with Gasteiger partial charge in [-0.2, -0.15) is 4.98 Å². The van der Waals surface area contributed by atoms with Gasteiger partial charge in [-0.15, -0.1) is 16.4 Å². The van der Waals surface area contributed by atoms with E-state index in [2.05, 4.69) is 49.0 Å². The fourth-order valence-electron chi connectivity index (χ4n) is 2.18. The molecule has 0 bridgehead atoms. The number of H-pyrrole nitrogens is 1. The zero-order valence-corrected chi connectivity index (χ0v) is 13.1. The number of nitrogens with two attached hydrogens (primary N) is 1. The summed E-state index contributed by atoms with van der Waals surface area (Å²) in [7, 11) is 0. The Bertz CT molecular complexity index is 551. The van der Waals surface area contributed by atoms with Crippen molar-refractivity contribution in [3.8, 4) is 10.7 Å². The third-order valence-corrected chi connectivity index (χ3v) is 5.53. The first kappa shape index (κ1) is 13.1. The Labute approximate surface area is 124 Å². The molecule has 1 aliphatic heterocycles. The number of aromatic amines is 1. The van der Waals surface area contributed by atoms with Crippen molar-refractivity contribution in [2.75, 3.05) is 18.0 Å². The topological polar surface area (TPSA) is 70.8 Å². The number of hydrogen-bond donors (Lipinski definition) is 2. The summed E-state index contributed by atoms with van der Waals surface area (Å²) in [6.07, 6.45) is 2.01. The van der Waals surface area contributed by atoms with E-state index in [1.165, 1.54) is 5.56 Å². The van der Waals surface area contributed by atoms with E-state index in [4.69, 9.17) is 5.73 Å². The third kappa shape index (κ3) is 2.68. The second kappa shape index (κ2) is 5.22. The van der Waals surface area contributed by atoms with Crippen molar-refractivity contribution in [2.24, 2.45) is 5.73 Å². The number of anilines is 1. The highest BCUT2D eigenvalue weighted by molar-refractivity contribution is 9.11. The van der Waals surface area contributed by atoms with Gasteiger partial charge >= 0.3 is 0 Å². The van der Waals surface area contributed by atoms with E-state index in [0.29, 0.717) is 6.04 Å². The van der Waals surface area contributed by atoms with E-state index in [1.54, 1.807) is 11.3 Å². The van der Waals surface area contributed by atoms with Gasteiger partial charge in [0.1, 0.15) is 0 Å². The average Bonchev–Trinajstić information content (AvgIpc) is 2.99. The number of aryl methyl sites for hydroxylation is 1. The fraction of sp³-hybridized carbons (Fsp3) is 0.500. The van der Waals surface area contributed by atoms with E-state index in [1.807, 2.05) is 0 Å². The van der Waals surface area contributed by atoms with Gasteiger partial charge in [0.15, 0.2) is 5.82 Å². The highest BCUT2D eigenvalue weighted by atomic mass is 79.9. The number of halogens is 1. The SMILES string of the molecule is Cc1cc(-c2nc(N3CCC(N)CC3)n[nH]2)sc1Br. The number of nitrogens with one attached hydrogen (secondary N) is 1. The number of nitrogens with zero attached hydrogens (tertiary/aromatic N) is 3. The van der Waals surface area contributed by atoms with Crippen molar-refractivity contribution in [2.45, 2.75) is 25.8 Å². The normalized spacial score (nSPS) is 17.1. The van der Waals surface area contributed by atoms with Crippen LogP contribution in [0.4, 0.5) is 5.95 Å². The summed E-state index contributed by atoms with van der Waals surface area (Å²) in [5, 5.41) is 7.35. The van der Waals surface area contributed by atoms with Crippen molar-refractivity contribution in [3.05, 3.63) is 15.4 Å². The average molecular weight is 342 g/mol. The molecule has 3 N–H and O–H groups in total. The van der Waals surface area contributed by atoms with Gasteiger partial charge < -0.3 is 10.6 Å². The molecule has 1 fully saturated rings. The maximum Gasteiger partial charge on any atom is 0.245 e. The van der Waals surface area contributed by atoms with Gasteiger partial charge in [-0.1, -0.05) is 0 Å². The first-order valence-electron chi connectivity index (χ1n) is 6.32. The summed E-state index contributed by atoms with van der Waals surface area (Å²) >= 11 is 5.21. The molecule has 0 amide bonds. The molecule has 3 rings (SSSR count). The smallest absolute Gasteiger partial charge is 0.245 e. The van der Waals surface area contributed by atoms with Crippen LogP contribution >= 0.6 is 27.3 Å². The molecule has 0 aromatic carbocycles. The van der Waals surface area contributed by atoms with Crippen LogP contribution in [0.15, 0.2) is 9.85 Å². The molecule has 102 valence electrons. The third-order valence-electron chi connectivity index (χ3n) is 3.39. The van der Waals surface area contributed by atoms with Crippen molar-refractivity contribution in [1.29, 1.82) is 0 Å². The van der Waals surface area contributed by atoms with E-state index in [9.17, 15) is 0 Å². The summed E-state index contributed by atoms with van der Waals surface area (Å²) in [6, 6.07) is 2.44. The number of aromatic nitrogens is 3. The van der Waals surface area contributed by atoms with Crippen molar-refractivity contribution >= 4 is 33.2 Å². The van der Waals surface area contributed by atoms with Crippen molar-refractivity contribution in [1.82, 2.24) is 15.2 Å². The molecule has 5 nitrogen and oxygen atoms in total. The zero-order valence-electron chi connectivity index (χ0n) is 10.7. The molecule has 0 atom stereocenters. The standard InChI is InChI=1S/C12H16BrN5S/c1-7-6-9(19-10(7)13)11-15-12(17-16-11)18-4-2-8(14)3-5-18/h6,8H,2-5,14H2,1H3,(H,15,16,17). The Morgan fingerprint density at radius 1 is 1.47 bits per heavy atom. The van der Waals surface area contributed by atoms with Crippen LogP contribution in [0.25, 0.3) is 10.7 Å². The van der Waals surface area contributed by atoms with Gasteiger partial charge in [0.05, 0.1) is 8.66 Å². The lowest BCUT2D eigenvalue weighted by Crippen LogP contribution is -2.40. The Morgan fingerprint density at radius 3 is 2.84 bits per heavy atom. The quantitative estimate of drug-likeness (QED) is 0.880. The first-order chi connectivity index (χ1) is 9.13. The molecule has 19 heavy (non-hydrogen) atoms. The summed E-state index contributed by atoms with van der Waals surface area (Å²) in [5.41, 5.74) is 7.14. The van der Waals surface area contributed by atoms with Crippen LogP contribution in [-0.4, -0.2) is 34.3 Å². The minimum atomic E-state index is 0.325. The van der Waals surface area contributed by atoms with E-state index in [-0.39, 0.29) is 0 Å². The second-order valence-corrected chi connectivity index (χ2v) is 7.25. The lowest BCUT2D eigenvalue weighted by Gasteiger charge is -2.28. The maximum absolute atomic E-state index is 5.91. The van der Waals surface area contributed by atoms with Crippen LogP contribution in [0.1, 0.15) is 18.4 Å². The van der Waals surface area contributed by atoms with Crippen LogP contribution < -0.4 is 10.6 Å². The van der Waals surface area contributed by atoms with Gasteiger partial charge in [-0.25, -0.2) is 0 Å². The summed E-state index contributed by atoms with van der Waals surface area (Å²) in [5.74, 6) is 1.62. The fourth-order valence-corrected chi connectivity index (χ4v) is 3.65. The number of thiophene rings is 1. The number of hydrogen-bond acceptors (Lipinski definition) is 5. The Hall–Kier alpha value is -0.920. The lowest BCUT2D eigenvalue weighted by atomic mass is 10.1. The molecule has 0 aliphatic carbocycles. The van der Waals surface area contributed by atoms with Crippen molar-refractivity contribution in [3.63, 3.8) is 0 Å². The van der Waals surface area contributed by atoms with E-state index >= 15 is 0 Å². The number of rotatable bonds is 2. The minimum Gasteiger partial charge on any atom is -0.339 e. The first-order valence-corrected chi connectivity index (χ1v) is 7.93. The Balaban J connectivity index is 1.79. The Morgan fingerprint density at radius 2 is 2.21 bits per heavy atom. The van der Waals surface area contributed by atoms with E-state index in [0.717, 1.165) is 46.4 Å². The maximum atomic E-state index is 5.91. The molecule has 7 heteroatoms. The van der Waals surface area contributed by atoms with Gasteiger partial charge in [-0.05, 0) is 47.3 Å².